The van der Waals surface area contributed by atoms with Crippen LogP contribution in [0.4, 0.5) is 4.79 Å². The molecule has 5 aliphatic heterocycles. The Kier molecular flexibility index (Phi) is 9.42. The predicted octanol–water partition coefficient (Wildman–Crippen LogP) is 2.93. The lowest BCUT2D eigenvalue weighted by atomic mass is 9.60. The summed E-state index contributed by atoms with van der Waals surface area (Å²) in [5.41, 5.74) is 7.38. The summed E-state index contributed by atoms with van der Waals surface area (Å²) in [5.74, 6) is -0.446. The quantitative estimate of drug-likeness (QED) is 0.341. The van der Waals surface area contributed by atoms with Gasteiger partial charge in [0, 0.05) is 70.1 Å². The van der Waals surface area contributed by atoms with Gasteiger partial charge in [0.25, 0.3) is 17.4 Å². The fourth-order valence-electron chi connectivity index (χ4n) is 10.3. The van der Waals surface area contributed by atoms with Gasteiger partial charge in [0.1, 0.15) is 17.5 Å². The second kappa shape index (κ2) is 14.4. The number of fused-ring (bicyclic) bond motifs is 3. The summed E-state index contributed by atoms with van der Waals surface area (Å²) in [7, 11) is 6.69. The maximum absolute atomic E-state index is 13.4. The van der Waals surface area contributed by atoms with Gasteiger partial charge in [0.2, 0.25) is 11.8 Å². The summed E-state index contributed by atoms with van der Waals surface area (Å²) in [4.78, 5) is 84.2. The van der Waals surface area contributed by atoms with Gasteiger partial charge in [-0.25, -0.2) is 4.79 Å². The van der Waals surface area contributed by atoms with Crippen molar-refractivity contribution < 1.29 is 33.4 Å². The van der Waals surface area contributed by atoms with E-state index in [2.05, 4.69) is 20.4 Å². The van der Waals surface area contributed by atoms with Crippen molar-refractivity contribution in [2.45, 2.75) is 83.2 Å². The number of hydrogen-bond donors (Lipinski definition) is 2. The second-order valence-electron chi connectivity index (χ2n) is 16.9. The number of amides is 6. The van der Waals surface area contributed by atoms with Crippen LogP contribution < -0.4 is 25.7 Å². The molecule has 15 heteroatoms. The highest BCUT2D eigenvalue weighted by atomic mass is 16.5. The molecule has 6 aliphatic rings. The van der Waals surface area contributed by atoms with E-state index in [9.17, 15) is 28.8 Å². The Morgan fingerprint density at radius 2 is 1.48 bits per heavy atom. The van der Waals surface area contributed by atoms with Crippen LogP contribution in [0, 0.1) is 5.41 Å². The Labute approximate surface area is 336 Å². The molecule has 3 aromatic rings. The van der Waals surface area contributed by atoms with Crippen molar-refractivity contribution in [1.29, 1.82) is 0 Å². The Balaban J connectivity index is 0.836. The SMILES string of the molecule is CNC(=O)N1CCc2c(-c3cc(OC)c(CN4CCC5(CC4)CC(N4Cc6cc7c(cc6C4)C(=O)N(C4CCC(=O)NC4=O)C7=O)C5)c(OC)c3)cn(C)c(=O)c2C1. The molecule has 1 aliphatic carbocycles. The van der Waals surface area contributed by atoms with Crippen molar-refractivity contribution in [3.8, 4) is 22.6 Å². The van der Waals surface area contributed by atoms with Gasteiger partial charge in [-0.2, -0.15) is 0 Å². The van der Waals surface area contributed by atoms with Crippen LogP contribution in [0.15, 0.2) is 35.3 Å². The third-order valence-electron chi connectivity index (χ3n) is 13.7. The number of methoxy groups -OCH3 is 2. The largest absolute Gasteiger partial charge is 0.496 e. The van der Waals surface area contributed by atoms with Crippen molar-refractivity contribution >= 4 is 29.7 Å². The van der Waals surface area contributed by atoms with Crippen molar-refractivity contribution in [2.24, 2.45) is 12.5 Å². The Bertz CT molecular complexity index is 2270. The van der Waals surface area contributed by atoms with Crippen LogP contribution in [0.5, 0.6) is 11.5 Å². The summed E-state index contributed by atoms with van der Waals surface area (Å²) in [6, 6.07) is 7.03. The van der Waals surface area contributed by atoms with Crippen LogP contribution in [-0.4, -0.2) is 107 Å². The van der Waals surface area contributed by atoms with Gasteiger partial charge in [0.05, 0.1) is 37.5 Å². The number of aromatic nitrogens is 1. The number of carbonyl (C=O) groups excluding carboxylic acids is 5. The average Bonchev–Trinajstić information content (AvgIpc) is 3.74. The Morgan fingerprint density at radius 1 is 0.845 bits per heavy atom. The smallest absolute Gasteiger partial charge is 0.317 e. The maximum Gasteiger partial charge on any atom is 0.317 e. The van der Waals surface area contributed by atoms with E-state index in [4.69, 9.17) is 9.47 Å². The lowest BCUT2D eigenvalue weighted by Gasteiger charge is -2.54. The third kappa shape index (κ3) is 6.26. The number of rotatable bonds is 7. The van der Waals surface area contributed by atoms with E-state index >= 15 is 0 Å². The number of carbonyl (C=O) groups is 5. The van der Waals surface area contributed by atoms with Crippen molar-refractivity contribution in [3.63, 3.8) is 0 Å². The number of urea groups is 1. The van der Waals surface area contributed by atoms with E-state index in [1.165, 1.54) is 0 Å². The zero-order valence-corrected chi connectivity index (χ0v) is 33.4. The minimum atomic E-state index is -0.964. The number of benzene rings is 2. The van der Waals surface area contributed by atoms with E-state index in [0.29, 0.717) is 47.7 Å². The molecule has 3 fully saturated rings. The second-order valence-corrected chi connectivity index (χ2v) is 16.9. The summed E-state index contributed by atoms with van der Waals surface area (Å²) >= 11 is 0. The molecule has 0 radical (unpaired) electrons. The Morgan fingerprint density at radius 3 is 2.07 bits per heavy atom. The van der Waals surface area contributed by atoms with Crippen LogP contribution in [0.25, 0.3) is 11.1 Å². The highest BCUT2D eigenvalue weighted by molar-refractivity contribution is 6.23. The number of aryl methyl sites for hydroxylation is 1. The number of piperidine rings is 2. The summed E-state index contributed by atoms with van der Waals surface area (Å²) in [5, 5.41) is 4.93. The molecule has 2 aromatic carbocycles. The average molecular weight is 792 g/mol. The minimum Gasteiger partial charge on any atom is -0.496 e. The lowest BCUT2D eigenvalue weighted by Crippen LogP contribution is -2.54. The van der Waals surface area contributed by atoms with Crippen LogP contribution >= 0.6 is 0 Å². The van der Waals surface area contributed by atoms with Gasteiger partial charge in [-0.1, -0.05) is 0 Å². The first-order chi connectivity index (χ1) is 27.9. The molecular formula is C43H49N7O8. The number of ether oxygens (including phenoxy) is 2. The van der Waals surface area contributed by atoms with Crippen molar-refractivity contribution in [1.82, 2.24) is 34.8 Å². The Hall–Kier alpha value is -5.54. The van der Waals surface area contributed by atoms with Gasteiger partial charge in [0.15, 0.2) is 0 Å². The van der Waals surface area contributed by atoms with Gasteiger partial charge in [-0.15, -0.1) is 0 Å². The first kappa shape index (κ1) is 38.0. The highest BCUT2D eigenvalue weighted by Gasteiger charge is 2.50. The normalized spacial score (nSPS) is 21.8. The van der Waals surface area contributed by atoms with Crippen LogP contribution in [0.1, 0.15) is 87.1 Å². The van der Waals surface area contributed by atoms with Crippen LogP contribution in [-0.2, 0) is 49.2 Å². The van der Waals surface area contributed by atoms with Crippen LogP contribution in [0.3, 0.4) is 0 Å². The number of pyridine rings is 1. The molecule has 1 unspecified atom stereocenters. The molecule has 0 bridgehead atoms. The van der Waals surface area contributed by atoms with Crippen molar-refractivity contribution in [2.75, 3.05) is 40.9 Å². The fraction of sp³-hybridized carbons (Fsp3) is 0.488. The number of nitrogens with zero attached hydrogens (tertiary/aromatic N) is 5. The number of imide groups is 2. The first-order valence-electron chi connectivity index (χ1n) is 20.2. The number of nitrogens with one attached hydrogen (secondary N) is 2. The molecule has 2 saturated heterocycles. The first-order valence-corrected chi connectivity index (χ1v) is 20.2. The van der Waals surface area contributed by atoms with E-state index in [1.54, 1.807) is 37.8 Å². The topological polar surface area (TPSA) is 163 Å². The van der Waals surface area contributed by atoms with E-state index in [-0.39, 0.29) is 36.9 Å². The molecule has 1 atom stereocenters. The summed E-state index contributed by atoms with van der Waals surface area (Å²) in [6.07, 6.45) is 7.09. The lowest BCUT2D eigenvalue weighted by molar-refractivity contribution is -0.136. The maximum atomic E-state index is 13.4. The van der Waals surface area contributed by atoms with Gasteiger partial charge < -0.3 is 24.3 Å². The molecule has 6 amide bonds. The highest BCUT2D eigenvalue weighted by Crippen LogP contribution is 2.53. The fourth-order valence-corrected chi connectivity index (χ4v) is 10.3. The van der Waals surface area contributed by atoms with Gasteiger partial charge in [-0.05, 0) is 104 Å². The predicted molar refractivity (Wildman–Crippen MR) is 211 cm³/mol. The molecule has 1 saturated carbocycles. The molecule has 1 aromatic heterocycles. The number of hydrogen-bond acceptors (Lipinski definition) is 10. The third-order valence-corrected chi connectivity index (χ3v) is 13.7. The molecule has 58 heavy (non-hydrogen) atoms. The molecule has 15 nitrogen and oxygen atoms in total. The van der Waals surface area contributed by atoms with E-state index < -0.39 is 23.8 Å². The molecular weight excluding hydrogens is 743 g/mol. The molecule has 1 spiro atoms. The van der Waals surface area contributed by atoms with Crippen molar-refractivity contribution in [3.05, 3.63) is 79.8 Å². The van der Waals surface area contributed by atoms with E-state index in [1.807, 2.05) is 30.5 Å². The van der Waals surface area contributed by atoms with E-state index in [0.717, 1.165) is 102 Å². The molecule has 6 heterocycles. The van der Waals surface area contributed by atoms with Gasteiger partial charge in [-0.3, -0.25) is 44.0 Å². The molecule has 9 rings (SSSR count). The minimum absolute atomic E-state index is 0.0967. The summed E-state index contributed by atoms with van der Waals surface area (Å²) in [6.45, 7) is 4.82. The standard InChI is InChI=1S/C43H49N7O8/c1-44-42(56)48-10-7-28-31(21-46(2)39(53)32(28)23-48)24-15-35(57-3)33(36(16-24)58-4)22-47-11-8-43(9-12-47)17-27(18-43)49-19-25-13-29-30(14-26(25)20-49)41(55)50(40(29)54)34-5-6-37(51)45-38(34)52/h13-16,21,27,34H,5-12,17-20,22-23H2,1-4H3,(H,44,56)(H,45,51,52). The zero-order chi connectivity index (χ0) is 40.6. The summed E-state index contributed by atoms with van der Waals surface area (Å²) < 4.78 is 13.6. The molecule has 2 N–H and O–H groups in total. The van der Waals surface area contributed by atoms with Gasteiger partial charge >= 0.3 is 6.03 Å². The van der Waals surface area contributed by atoms with Crippen LogP contribution in [0.2, 0.25) is 0 Å². The monoisotopic (exact) mass is 791 g/mol. The number of likely N-dealkylation sites (tertiary alicyclic amines) is 1. The molecule has 304 valence electrons. The zero-order valence-electron chi connectivity index (χ0n) is 33.4.